The third-order valence-corrected chi connectivity index (χ3v) is 4.11. The van der Waals surface area contributed by atoms with Gasteiger partial charge in [0, 0.05) is 23.6 Å². The molecule has 1 saturated heterocycles. The van der Waals surface area contributed by atoms with E-state index in [4.69, 9.17) is 9.15 Å². The van der Waals surface area contributed by atoms with Crippen LogP contribution in [0.4, 0.5) is 0 Å². The van der Waals surface area contributed by atoms with Crippen molar-refractivity contribution in [3.8, 4) is 5.75 Å². The molecular weight excluding hydrogens is 350 g/mol. The summed E-state index contributed by atoms with van der Waals surface area (Å²) in [6.07, 6.45) is 1.08. The lowest BCUT2D eigenvalue weighted by molar-refractivity contribution is -0.0348. The Morgan fingerprint density at radius 3 is 3.00 bits per heavy atom. The Bertz CT molecular complexity index is 715. The van der Waals surface area contributed by atoms with Gasteiger partial charge in [0.25, 0.3) is 0 Å². The number of morpholine rings is 1. The predicted octanol–water partition coefficient (Wildman–Crippen LogP) is 2.68. The van der Waals surface area contributed by atoms with E-state index in [0.717, 1.165) is 29.4 Å². The zero-order chi connectivity index (χ0) is 15.5. The Hall–Kier alpha value is -1.63. The summed E-state index contributed by atoms with van der Waals surface area (Å²) >= 11 is 3.47. The fourth-order valence-corrected chi connectivity index (χ4v) is 2.92. The maximum atomic E-state index is 11.4. The van der Waals surface area contributed by atoms with Crippen molar-refractivity contribution in [1.29, 1.82) is 0 Å². The zero-order valence-corrected chi connectivity index (χ0v) is 13.5. The summed E-state index contributed by atoms with van der Waals surface area (Å²) in [6.45, 7) is 2.64. The molecule has 116 valence electrons. The Balaban J connectivity index is 1.70. The third-order valence-electron chi connectivity index (χ3n) is 3.62. The van der Waals surface area contributed by atoms with Gasteiger partial charge in [0.05, 0.1) is 19.3 Å². The van der Waals surface area contributed by atoms with E-state index < -0.39 is 5.43 Å². The number of aromatic hydroxyl groups is 1. The Kier molecular flexibility index (Phi) is 4.61. The van der Waals surface area contributed by atoms with E-state index in [1.54, 1.807) is 0 Å². The van der Waals surface area contributed by atoms with Gasteiger partial charge in [-0.3, -0.25) is 9.69 Å². The first-order valence-corrected chi connectivity index (χ1v) is 7.81. The number of benzene rings is 1. The van der Waals surface area contributed by atoms with Crippen molar-refractivity contribution >= 4 is 15.9 Å². The molecule has 0 saturated carbocycles. The van der Waals surface area contributed by atoms with Crippen molar-refractivity contribution < 1.29 is 14.3 Å². The van der Waals surface area contributed by atoms with Gasteiger partial charge in [-0.2, -0.15) is 0 Å². The smallest absolute Gasteiger partial charge is 0.226 e. The van der Waals surface area contributed by atoms with Crippen LogP contribution in [-0.4, -0.2) is 29.7 Å². The Labute approximate surface area is 136 Å². The molecule has 0 spiro atoms. The second-order valence-corrected chi connectivity index (χ2v) is 6.16. The lowest BCUT2D eigenvalue weighted by atomic mass is 10.1. The molecule has 0 bridgehead atoms. The number of ether oxygens (including phenoxy) is 1. The van der Waals surface area contributed by atoms with Crippen molar-refractivity contribution in [2.75, 3.05) is 19.7 Å². The van der Waals surface area contributed by atoms with Crippen molar-refractivity contribution in [2.45, 2.75) is 12.6 Å². The van der Waals surface area contributed by atoms with Gasteiger partial charge < -0.3 is 14.3 Å². The molecule has 2 aromatic rings. The molecule has 22 heavy (non-hydrogen) atoms. The molecule has 1 aliphatic rings. The SMILES string of the molecule is O=c1cc(CN2CCOC(c3cccc(Br)c3)C2)occ1O. The molecule has 1 aromatic carbocycles. The summed E-state index contributed by atoms with van der Waals surface area (Å²) in [5.74, 6) is 0.176. The minimum Gasteiger partial charge on any atom is -0.502 e. The van der Waals surface area contributed by atoms with E-state index in [9.17, 15) is 9.90 Å². The van der Waals surface area contributed by atoms with Crippen LogP contribution in [-0.2, 0) is 11.3 Å². The molecule has 2 heterocycles. The number of hydrogen-bond acceptors (Lipinski definition) is 5. The third kappa shape index (κ3) is 3.58. The second-order valence-electron chi connectivity index (χ2n) is 5.25. The molecule has 5 nitrogen and oxygen atoms in total. The monoisotopic (exact) mass is 365 g/mol. The van der Waals surface area contributed by atoms with Crippen LogP contribution >= 0.6 is 15.9 Å². The molecule has 6 heteroatoms. The molecule has 1 N–H and O–H groups in total. The Morgan fingerprint density at radius 2 is 2.23 bits per heavy atom. The van der Waals surface area contributed by atoms with Gasteiger partial charge in [0.2, 0.25) is 5.43 Å². The first-order chi connectivity index (χ1) is 10.6. The highest BCUT2D eigenvalue weighted by molar-refractivity contribution is 9.10. The van der Waals surface area contributed by atoms with Gasteiger partial charge in [0.15, 0.2) is 5.75 Å². The lowest BCUT2D eigenvalue weighted by Crippen LogP contribution is -2.37. The fraction of sp³-hybridized carbons (Fsp3) is 0.312. The summed E-state index contributed by atoms with van der Waals surface area (Å²) in [7, 11) is 0. The average molecular weight is 366 g/mol. The second kappa shape index (κ2) is 6.64. The quantitative estimate of drug-likeness (QED) is 0.905. The van der Waals surface area contributed by atoms with E-state index in [2.05, 4.69) is 26.9 Å². The molecule has 0 aliphatic carbocycles. The van der Waals surface area contributed by atoms with E-state index in [1.807, 2.05) is 18.2 Å². The first kappa shape index (κ1) is 15.3. The zero-order valence-electron chi connectivity index (χ0n) is 11.9. The molecule has 3 rings (SSSR count). The van der Waals surface area contributed by atoms with E-state index in [-0.39, 0.29) is 11.9 Å². The van der Waals surface area contributed by atoms with Crippen LogP contribution in [0.2, 0.25) is 0 Å². The van der Waals surface area contributed by atoms with E-state index in [1.165, 1.54) is 6.07 Å². The van der Waals surface area contributed by atoms with Crippen LogP contribution < -0.4 is 5.43 Å². The molecule has 1 fully saturated rings. The van der Waals surface area contributed by atoms with Crippen molar-refractivity contribution in [3.63, 3.8) is 0 Å². The number of halogens is 1. The number of rotatable bonds is 3. The lowest BCUT2D eigenvalue weighted by Gasteiger charge is -2.32. The van der Waals surface area contributed by atoms with Crippen molar-refractivity contribution in [1.82, 2.24) is 4.90 Å². The largest absolute Gasteiger partial charge is 0.502 e. The minimum absolute atomic E-state index is 0.00455. The molecule has 0 amide bonds. The minimum atomic E-state index is -0.418. The van der Waals surface area contributed by atoms with Crippen molar-refractivity contribution in [2.24, 2.45) is 0 Å². The fourth-order valence-electron chi connectivity index (χ4n) is 2.50. The van der Waals surface area contributed by atoms with Crippen LogP contribution in [0.3, 0.4) is 0 Å². The summed E-state index contributed by atoms with van der Waals surface area (Å²) < 4.78 is 12.1. The van der Waals surface area contributed by atoms with Crippen LogP contribution in [0.25, 0.3) is 0 Å². The molecule has 0 radical (unpaired) electrons. The van der Waals surface area contributed by atoms with Gasteiger partial charge in [-0.15, -0.1) is 0 Å². The summed E-state index contributed by atoms with van der Waals surface area (Å²) in [4.78, 5) is 13.6. The first-order valence-electron chi connectivity index (χ1n) is 7.02. The normalized spacial score (nSPS) is 19.2. The molecular formula is C16H16BrNO4. The highest BCUT2D eigenvalue weighted by Gasteiger charge is 2.22. The van der Waals surface area contributed by atoms with E-state index >= 15 is 0 Å². The standard InChI is InChI=1S/C16H16BrNO4/c17-12-3-1-2-11(6-12)16-9-18(4-5-21-16)8-13-7-14(19)15(20)10-22-13/h1-3,6-7,10,16,20H,4-5,8-9H2. The van der Waals surface area contributed by atoms with Gasteiger partial charge in [-0.25, -0.2) is 0 Å². The Morgan fingerprint density at radius 1 is 1.36 bits per heavy atom. The molecule has 1 aliphatic heterocycles. The van der Waals surface area contributed by atoms with Crippen LogP contribution in [0.1, 0.15) is 17.4 Å². The molecule has 1 aromatic heterocycles. The van der Waals surface area contributed by atoms with Gasteiger partial charge in [0.1, 0.15) is 12.0 Å². The average Bonchev–Trinajstić information content (AvgIpc) is 2.51. The molecule has 1 atom stereocenters. The molecule has 1 unspecified atom stereocenters. The van der Waals surface area contributed by atoms with Crippen LogP contribution in [0, 0.1) is 0 Å². The van der Waals surface area contributed by atoms with E-state index in [0.29, 0.717) is 18.9 Å². The van der Waals surface area contributed by atoms with Crippen molar-refractivity contribution in [3.05, 3.63) is 62.6 Å². The highest BCUT2D eigenvalue weighted by Crippen LogP contribution is 2.25. The van der Waals surface area contributed by atoms with Gasteiger partial charge in [-0.1, -0.05) is 28.1 Å². The summed E-state index contributed by atoms with van der Waals surface area (Å²) in [5.41, 5.74) is 0.698. The predicted molar refractivity (Wildman–Crippen MR) is 84.8 cm³/mol. The van der Waals surface area contributed by atoms with Crippen LogP contribution in [0.15, 0.2) is 50.3 Å². The topological polar surface area (TPSA) is 62.9 Å². The summed E-state index contributed by atoms with van der Waals surface area (Å²) in [5, 5.41) is 9.22. The number of nitrogens with zero attached hydrogens (tertiary/aromatic N) is 1. The van der Waals surface area contributed by atoms with Gasteiger partial charge in [-0.05, 0) is 17.7 Å². The maximum Gasteiger partial charge on any atom is 0.226 e. The van der Waals surface area contributed by atoms with Crippen LogP contribution in [0.5, 0.6) is 5.75 Å². The summed E-state index contributed by atoms with van der Waals surface area (Å²) in [6, 6.07) is 9.39. The number of hydrogen-bond donors (Lipinski definition) is 1. The van der Waals surface area contributed by atoms with Gasteiger partial charge >= 0.3 is 0 Å². The maximum absolute atomic E-state index is 11.4. The highest BCUT2D eigenvalue weighted by atomic mass is 79.9.